The molecule has 0 saturated heterocycles. The van der Waals surface area contributed by atoms with Crippen LogP contribution in [0.1, 0.15) is 117 Å². The number of ether oxygens (including phenoxy) is 4. The molecule has 0 aliphatic carbocycles. The highest BCUT2D eigenvalue weighted by Gasteiger charge is 1.98. The minimum absolute atomic E-state index is 0.631. The predicted molar refractivity (Wildman–Crippen MR) is 133 cm³/mol. The van der Waals surface area contributed by atoms with E-state index in [1.807, 2.05) is 0 Å². The summed E-state index contributed by atoms with van der Waals surface area (Å²) in [5.41, 5.74) is 0. The maximum absolute atomic E-state index is 5.65. The molecule has 1 atom stereocenters. The van der Waals surface area contributed by atoms with E-state index in [0.717, 1.165) is 19.6 Å². The molecule has 0 spiro atoms. The van der Waals surface area contributed by atoms with Crippen LogP contribution >= 0.6 is 0 Å². The minimum Gasteiger partial charge on any atom is -0.379 e. The molecule has 0 aromatic rings. The van der Waals surface area contributed by atoms with Crippen molar-refractivity contribution in [2.45, 2.75) is 117 Å². The average molecular weight is 445 g/mol. The van der Waals surface area contributed by atoms with Crippen molar-refractivity contribution in [3.63, 3.8) is 0 Å². The van der Waals surface area contributed by atoms with E-state index in [0.29, 0.717) is 45.6 Å². The monoisotopic (exact) mass is 444 g/mol. The number of rotatable bonds is 27. The zero-order valence-electron chi connectivity index (χ0n) is 21.5. The standard InChI is InChI=1S/C27H56O4/c1-4-6-7-8-9-10-11-12-13-14-15-16-17-18-19-28-20-21-29-22-23-30-24-25-31-26-27(3)5-2/h27H,4-26H2,1-3H3. The largest absolute Gasteiger partial charge is 0.379 e. The molecular weight excluding hydrogens is 388 g/mol. The van der Waals surface area contributed by atoms with Crippen LogP contribution in [0.15, 0.2) is 0 Å². The quantitative estimate of drug-likeness (QED) is 0.122. The van der Waals surface area contributed by atoms with Gasteiger partial charge in [-0.1, -0.05) is 111 Å². The third-order valence-corrected chi connectivity index (χ3v) is 5.86. The van der Waals surface area contributed by atoms with Gasteiger partial charge in [-0.05, 0) is 12.3 Å². The van der Waals surface area contributed by atoms with Gasteiger partial charge in [0.15, 0.2) is 0 Å². The zero-order valence-corrected chi connectivity index (χ0v) is 21.5. The van der Waals surface area contributed by atoms with Gasteiger partial charge in [-0.15, -0.1) is 0 Å². The molecule has 0 aliphatic rings. The van der Waals surface area contributed by atoms with E-state index in [1.54, 1.807) is 0 Å². The first kappa shape index (κ1) is 30.8. The summed E-state index contributed by atoms with van der Waals surface area (Å²) in [6, 6.07) is 0. The first-order valence-corrected chi connectivity index (χ1v) is 13.6. The summed E-state index contributed by atoms with van der Waals surface area (Å²) in [4.78, 5) is 0. The molecule has 0 amide bonds. The van der Waals surface area contributed by atoms with E-state index in [-0.39, 0.29) is 0 Å². The molecule has 31 heavy (non-hydrogen) atoms. The zero-order chi connectivity index (χ0) is 22.7. The van der Waals surface area contributed by atoms with Crippen LogP contribution in [0.3, 0.4) is 0 Å². The van der Waals surface area contributed by atoms with Crippen molar-refractivity contribution in [3.8, 4) is 0 Å². The van der Waals surface area contributed by atoms with Crippen molar-refractivity contribution < 1.29 is 18.9 Å². The van der Waals surface area contributed by atoms with Crippen LogP contribution in [0.2, 0.25) is 0 Å². The fourth-order valence-corrected chi connectivity index (χ4v) is 3.46. The van der Waals surface area contributed by atoms with Crippen molar-refractivity contribution in [1.82, 2.24) is 0 Å². The molecule has 0 heterocycles. The molecule has 188 valence electrons. The molecule has 0 aromatic heterocycles. The Kier molecular flexibility index (Phi) is 27.7. The van der Waals surface area contributed by atoms with Gasteiger partial charge in [0.25, 0.3) is 0 Å². The Morgan fingerprint density at radius 2 is 0.774 bits per heavy atom. The average Bonchev–Trinajstić information content (AvgIpc) is 2.78. The first-order chi connectivity index (χ1) is 15.3. The summed E-state index contributed by atoms with van der Waals surface area (Å²) in [5, 5.41) is 0. The number of unbranched alkanes of at least 4 members (excludes halogenated alkanes) is 13. The molecule has 0 fully saturated rings. The Morgan fingerprint density at radius 3 is 1.19 bits per heavy atom. The first-order valence-electron chi connectivity index (χ1n) is 13.6. The lowest BCUT2D eigenvalue weighted by molar-refractivity contribution is -0.00563. The van der Waals surface area contributed by atoms with Crippen LogP contribution in [-0.2, 0) is 18.9 Å². The molecule has 0 rings (SSSR count). The van der Waals surface area contributed by atoms with Gasteiger partial charge in [-0.2, -0.15) is 0 Å². The topological polar surface area (TPSA) is 36.9 Å². The molecule has 0 aliphatic heterocycles. The summed E-state index contributed by atoms with van der Waals surface area (Å²) in [6.45, 7) is 12.3. The van der Waals surface area contributed by atoms with Crippen LogP contribution in [0, 0.1) is 5.92 Å². The van der Waals surface area contributed by atoms with E-state index >= 15 is 0 Å². The minimum atomic E-state index is 0.631. The van der Waals surface area contributed by atoms with Crippen LogP contribution in [0.25, 0.3) is 0 Å². The summed E-state index contributed by atoms with van der Waals surface area (Å²) in [7, 11) is 0. The highest BCUT2D eigenvalue weighted by Crippen LogP contribution is 2.12. The third-order valence-electron chi connectivity index (χ3n) is 5.86. The van der Waals surface area contributed by atoms with Crippen molar-refractivity contribution in [2.24, 2.45) is 5.92 Å². The second kappa shape index (κ2) is 27.9. The second-order valence-electron chi connectivity index (χ2n) is 9.02. The fourth-order valence-electron chi connectivity index (χ4n) is 3.46. The van der Waals surface area contributed by atoms with E-state index in [9.17, 15) is 0 Å². The van der Waals surface area contributed by atoms with E-state index in [1.165, 1.54) is 89.9 Å². The molecule has 4 nitrogen and oxygen atoms in total. The van der Waals surface area contributed by atoms with Crippen molar-refractivity contribution >= 4 is 0 Å². The number of hydrogen-bond acceptors (Lipinski definition) is 4. The SMILES string of the molecule is CCCCCCCCCCCCCCCCOCCOCCOCCOCC(C)CC. The van der Waals surface area contributed by atoms with Crippen LogP contribution in [-0.4, -0.2) is 52.9 Å². The molecule has 0 saturated carbocycles. The lowest BCUT2D eigenvalue weighted by atomic mass is 10.0. The van der Waals surface area contributed by atoms with Crippen LogP contribution in [0.4, 0.5) is 0 Å². The van der Waals surface area contributed by atoms with Crippen molar-refractivity contribution in [3.05, 3.63) is 0 Å². The molecule has 0 radical (unpaired) electrons. The molecular formula is C27H56O4. The van der Waals surface area contributed by atoms with Crippen LogP contribution < -0.4 is 0 Å². The third kappa shape index (κ3) is 27.8. The summed E-state index contributed by atoms with van der Waals surface area (Å²) < 4.78 is 22.2. The van der Waals surface area contributed by atoms with Crippen molar-refractivity contribution in [2.75, 3.05) is 52.9 Å². The second-order valence-corrected chi connectivity index (χ2v) is 9.02. The van der Waals surface area contributed by atoms with Gasteiger partial charge in [0.1, 0.15) is 0 Å². The van der Waals surface area contributed by atoms with E-state index < -0.39 is 0 Å². The lowest BCUT2D eigenvalue weighted by Gasteiger charge is -2.10. The van der Waals surface area contributed by atoms with Gasteiger partial charge in [0, 0.05) is 13.2 Å². The van der Waals surface area contributed by atoms with Gasteiger partial charge in [-0.25, -0.2) is 0 Å². The summed E-state index contributed by atoms with van der Waals surface area (Å²) in [5.74, 6) is 0.632. The molecule has 0 N–H and O–H groups in total. The fraction of sp³-hybridized carbons (Fsp3) is 1.00. The Hall–Kier alpha value is -0.160. The highest BCUT2D eigenvalue weighted by molar-refractivity contribution is 4.49. The van der Waals surface area contributed by atoms with Gasteiger partial charge in [-0.3, -0.25) is 0 Å². The molecule has 4 heteroatoms. The Labute approximate surface area is 195 Å². The van der Waals surface area contributed by atoms with Crippen molar-refractivity contribution in [1.29, 1.82) is 0 Å². The Bertz CT molecular complexity index is 312. The maximum Gasteiger partial charge on any atom is 0.0701 e. The number of hydrogen-bond donors (Lipinski definition) is 0. The maximum atomic E-state index is 5.65. The van der Waals surface area contributed by atoms with E-state index in [2.05, 4.69) is 20.8 Å². The van der Waals surface area contributed by atoms with Gasteiger partial charge < -0.3 is 18.9 Å². The predicted octanol–water partition coefficient (Wildman–Crippen LogP) is 7.58. The molecule has 0 aromatic carbocycles. The van der Waals surface area contributed by atoms with Crippen LogP contribution in [0.5, 0.6) is 0 Å². The Balaban J connectivity index is 3.01. The van der Waals surface area contributed by atoms with Gasteiger partial charge in [0.2, 0.25) is 0 Å². The Morgan fingerprint density at radius 1 is 0.419 bits per heavy atom. The van der Waals surface area contributed by atoms with E-state index in [4.69, 9.17) is 18.9 Å². The smallest absolute Gasteiger partial charge is 0.0701 e. The normalized spacial score (nSPS) is 12.5. The van der Waals surface area contributed by atoms with Gasteiger partial charge in [0.05, 0.1) is 39.6 Å². The van der Waals surface area contributed by atoms with Gasteiger partial charge >= 0.3 is 0 Å². The lowest BCUT2D eigenvalue weighted by Crippen LogP contribution is -2.13. The highest BCUT2D eigenvalue weighted by atomic mass is 16.6. The summed E-state index contributed by atoms with van der Waals surface area (Å²) in [6.07, 6.45) is 20.7. The molecule has 1 unspecified atom stereocenters. The molecule has 0 bridgehead atoms. The summed E-state index contributed by atoms with van der Waals surface area (Å²) >= 11 is 0.